The summed E-state index contributed by atoms with van der Waals surface area (Å²) in [6.45, 7) is 8.84. The zero-order valence-electron chi connectivity index (χ0n) is 15.5. The van der Waals surface area contributed by atoms with Gasteiger partial charge in [-0.2, -0.15) is 0 Å². The molecule has 1 aliphatic heterocycles. The highest BCUT2D eigenvalue weighted by Crippen LogP contribution is 2.33. The number of allylic oxidation sites excluding steroid dienone is 4. The molecule has 0 radical (unpaired) electrons. The average molecular weight is 333 g/mol. The fraction of sp³-hybridized carbons (Fsp3) is 0.700. The van der Waals surface area contributed by atoms with Crippen LogP contribution in [0.1, 0.15) is 59.8 Å². The van der Waals surface area contributed by atoms with E-state index >= 15 is 0 Å². The van der Waals surface area contributed by atoms with Gasteiger partial charge in [-0.3, -0.25) is 4.79 Å². The van der Waals surface area contributed by atoms with Crippen LogP contribution in [0.2, 0.25) is 0 Å². The molecule has 4 heteroatoms. The lowest BCUT2D eigenvalue weighted by Crippen LogP contribution is -2.31. The predicted molar refractivity (Wildman–Crippen MR) is 96.7 cm³/mol. The standard InChI is InChI=1S/C20H31NO3/c1-5-6-7-18-17(12-19(22)23-13-14(2)3)20(21-24-18)16-10-8-15(4)9-11-16/h8-10,14,16-18H,5-7,11-13H2,1-4H3. The summed E-state index contributed by atoms with van der Waals surface area (Å²) in [5, 5.41) is 4.38. The summed E-state index contributed by atoms with van der Waals surface area (Å²) in [5.41, 5.74) is 2.29. The molecule has 24 heavy (non-hydrogen) atoms. The number of hydrogen-bond acceptors (Lipinski definition) is 4. The van der Waals surface area contributed by atoms with Crippen LogP contribution in [0.15, 0.2) is 29.0 Å². The van der Waals surface area contributed by atoms with Gasteiger partial charge < -0.3 is 9.57 Å². The van der Waals surface area contributed by atoms with Crippen molar-refractivity contribution in [2.45, 2.75) is 65.9 Å². The number of hydrogen-bond donors (Lipinski definition) is 0. The van der Waals surface area contributed by atoms with Crippen molar-refractivity contribution in [2.24, 2.45) is 22.9 Å². The molecule has 0 fully saturated rings. The Bertz CT molecular complexity index is 519. The van der Waals surface area contributed by atoms with Crippen LogP contribution in [-0.4, -0.2) is 24.4 Å². The molecule has 0 bridgehead atoms. The molecule has 0 N–H and O–H groups in total. The Labute approximate surface area is 146 Å². The molecule has 4 nitrogen and oxygen atoms in total. The average Bonchev–Trinajstić information content (AvgIpc) is 2.94. The Hall–Kier alpha value is -1.58. The van der Waals surface area contributed by atoms with E-state index in [1.807, 2.05) is 13.8 Å². The molecular weight excluding hydrogens is 302 g/mol. The molecule has 2 rings (SSSR count). The van der Waals surface area contributed by atoms with Gasteiger partial charge in [0.05, 0.1) is 24.7 Å². The van der Waals surface area contributed by atoms with Crippen LogP contribution in [0.5, 0.6) is 0 Å². The van der Waals surface area contributed by atoms with Crippen LogP contribution in [0.25, 0.3) is 0 Å². The monoisotopic (exact) mass is 333 g/mol. The molecule has 0 aromatic rings. The Morgan fingerprint density at radius 3 is 2.88 bits per heavy atom. The number of rotatable bonds is 8. The zero-order valence-corrected chi connectivity index (χ0v) is 15.5. The number of esters is 1. The summed E-state index contributed by atoms with van der Waals surface area (Å²) in [5.74, 6) is 0.494. The molecule has 2 aliphatic rings. The number of ether oxygens (including phenoxy) is 1. The molecule has 134 valence electrons. The molecule has 0 saturated heterocycles. The van der Waals surface area contributed by atoms with E-state index < -0.39 is 0 Å². The van der Waals surface area contributed by atoms with E-state index in [9.17, 15) is 4.79 Å². The number of oxime groups is 1. The van der Waals surface area contributed by atoms with Gasteiger partial charge in [-0.25, -0.2) is 0 Å². The third-order valence-corrected chi connectivity index (χ3v) is 4.59. The second kappa shape index (κ2) is 9.05. The third-order valence-electron chi connectivity index (χ3n) is 4.59. The molecule has 0 aromatic carbocycles. The molecule has 3 atom stereocenters. The fourth-order valence-electron chi connectivity index (χ4n) is 3.14. The van der Waals surface area contributed by atoms with Crippen molar-refractivity contribution in [3.8, 4) is 0 Å². The molecular formula is C20H31NO3. The third kappa shape index (κ3) is 5.22. The molecule has 3 unspecified atom stereocenters. The number of carbonyl (C=O) groups excluding carboxylic acids is 1. The molecule has 0 amide bonds. The van der Waals surface area contributed by atoms with Gasteiger partial charge in [0.15, 0.2) is 0 Å². The molecule has 1 aliphatic carbocycles. The first-order valence-electron chi connectivity index (χ1n) is 9.25. The van der Waals surface area contributed by atoms with Crippen molar-refractivity contribution >= 4 is 11.7 Å². The topological polar surface area (TPSA) is 47.9 Å². The smallest absolute Gasteiger partial charge is 0.306 e. The fourth-order valence-corrected chi connectivity index (χ4v) is 3.14. The summed E-state index contributed by atoms with van der Waals surface area (Å²) < 4.78 is 5.39. The van der Waals surface area contributed by atoms with E-state index in [2.05, 4.69) is 37.2 Å². The molecule has 0 spiro atoms. The lowest BCUT2D eigenvalue weighted by molar-refractivity contribution is -0.146. The van der Waals surface area contributed by atoms with Crippen LogP contribution in [-0.2, 0) is 14.4 Å². The second-order valence-corrected chi connectivity index (χ2v) is 7.34. The summed E-state index contributed by atoms with van der Waals surface area (Å²) in [6, 6.07) is 0. The number of carbonyl (C=O) groups is 1. The zero-order chi connectivity index (χ0) is 17.5. The Morgan fingerprint density at radius 1 is 1.46 bits per heavy atom. The highest BCUT2D eigenvalue weighted by Gasteiger charge is 2.38. The van der Waals surface area contributed by atoms with E-state index in [1.54, 1.807) is 0 Å². The SMILES string of the molecule is CCCCC1ON=C(C2C=CC(C)=CC2)C1CC(=O)OCC(C)C. The summed E-state index contributed by atoms with van der Waals surface area (Å²) in [7, 11) is 0. The van der Waals surface area contributed by atoms with Crippen LogP contribution in [0.3, 0.4) is 0 Å². The van der Waals surface area contributed by atoms with Crippen LogP contribution in [0, 0.1) is 17.8 Å². The predicted octanol–water partition coefficient (Wildman–Crippen LogP) is 4.66. The van der Waals surface area contributed by atoms with E-state index in [-0.39, 0.29) is 23.9 Å². The minimum absolute atomic E-state index is 0.00644. The van der Waals surface area contributed by atoms with E-state index in [0.29, 0.717) is 18.9 Å². The Morgan fingerprint density at radius 2 is 2.25 bits per heavy atom. The second-order valence-electron chi connectivity index (χ2n) is 7.34. The number of unbranched alkanes of at least 4 members (excludes halogenated alkanes) is 1. The minimum atomic E-state index is -0.139. The van der Waals surface area contributed by atoms with Gasteiger partial charge in [-0.1, -0.05) is 56.1 Å². The minimum Gasteiger partial charge on any atom is -0.465 e. The lowest BCUT2D eigenvalue weighted by Gasteiger charge is -2.22. The van der Waals surface area contributed by atoms with Crippen LogP contribution < -0.4 is 0 Å². The van der Waals surface area contributed by atoms with Gasteiger partial charge in [0.2, 0.25) is 0 Å². The van der Waals surface area contributed by atoms with Crippen molar-refractivity contribution in [1.29, 1.82) is 0 Å². The van der Waals surface area contributed by atoms with Gasteiger partial charge >= 0.3 is 5.97 Å². The maximum atomic E-state index is 12.2. The van der Waals surface area contributed by atoms with Crippen molar-refractivity contribution in [1.82, 2.24) is 0 Å². The van der Waals surface area contributed by atoms with Gasteiger partial charge in [-0.15, -0.1) is 0 Å². The van der Waals surface area contributed by atoms with Crippen LogP contribution in [0.4, 0.5) is 0 Å². The van der Waals surface area contributed by atoms with Gasteiger partial charge in [0.25, 0.3) is 0 Å². The highest BCUT2D eigenvalue weighted by molar-refractivity contribution is 5.94. The highest BCUT2D eigenvalue weighted by atomic mass is 16.6. The van der Waals surface area contributed by atoms with Crippen molar-refractivity contribution in [3.63, 3.8) is 0 Å². The van der Waals surface area contributed by atoms with Crippen molar-refractivity contribution in [3.05, 3.63) is 23.8 Å². The number of nitrogens with zero attached hydrogens (tertiary/aromatic N) is 1. The first-order chi connectivity index (χ1) is 11.5. The first-order valence-corrected chi connectivity index (χ1v) is 9.25. The van der Waals surface area contributed by atoms with E-state index in [0.717, 1.165) is 31.4 Å². The first kappa shape index (κ1) is 18.8. The Kier molecular flexibility index (Phi) is 7.07. The largest absolute Gasteiger partial charge is 0.465 e. The van der Waals surface area contributed by atoms with Crippen molar-refractivity contribution in [2.75, 3.05) is 6.61 Å². The molecule has 0 aromatic heterocycles. The summed E-state index contributed by atoms with van der Waals surface area (Å²) >= 11 is 0. The normalized spacial score (nSPS) is 26.1. The summed E-state index contributed by atoms with van der Waals surface area (Å²) in [4.78, 5) is 18.0. The quantitative estimate of drug-likeness (QED) is 0.607. The van der Waals surface area contributed by atoms with Gasteiger partial charge in [-0.05, 0) is 32.1 Å². The van der Waals surface area contributed by atoms with E-state index in [4.69, 9.17) is 9.57 Å². The van der Waals surface area contributed by atoms with E-state index in [1.165, 1.54) is 5.57 Å². The van der Waals surface area contributed by atoms with Gasteiger partial charge in [0.1, 0.15) is 6.10 Å². The maximum absolute atomic E-state index is 12.2. The Balaban J connectivity index is 2.02. The van der Waals surface area contributed by atoms with Gasteiger partial charge in [0, 0.05) is 5.92 Å². The molecule has 0 saturated carbocycles. The molecule has 1 heterocycles. The van der Waals surface area contributed by atoms with Crippen LogP contribution >= 0.6 is 0 Å². The van der Waals surface area contributed by atoms with Crippen molar-refractivity contribution < 1.29 is 14.4 Å². The lowest BCUT2D eigenvalue weighted by atomic mass is 9.81. The maximum Gasteiger partial charge on any atom is 0.306 e. The summed E-state index contributed by atoms with van der Waals surface area (Å²) in [6.07, 6.45) is 11.0.